The predicted molar refractivity (Wildman–Crippen MR) is 118 cm³/mol. The topological polar surface area (TPSA) is 89.2 Å². The van der Waals surface area contributed by atoms with Gasteiger partial charge in [0.25, 0.3) is 5.91 Å². The predicted octanol–water partition coefficient (Wildman–Crippen LogP) is 5.00. The Hall–Kier alpha value is -3.32. The van der Waals surface area contributed by atoms with Gasteiger partial charge >= 0.3 is 0 Å². The van der Waals surface area contributed by atoms with Crippen LogP contribution in [0.3, 0.4) is 0 Å². The van der Waals surface area contributed by atoms with E-state index in [1.54, 1.807) is 47.2 Å². The van der Waals surface area contributed by atoms with Crippen molar-refractivity contribution < 1.29 is 14.0 Å². The number of amides is 2. The lowest BCUT2D eigenvalue weighted by Gasteiger charge is -2.06. The van der Waals surface area contributed by atoms with Crippen molar-refractivity contribution in [2.45, 2.75) is 27.3 Å². The van der Waals surface area contributed by atoms with E-state index in [-0.39, 0.29) is 17.6 Å². The van der Waals surface area contributed by atoms with Gasteiger partial charge in [0.15, 0.2) is 5.76 Å². The fraction of sp³-hybridized carbons (Fsp3) is 0.227. The van der Waals surface area contributed by atoms with Crippen molar-refractivity contribution in [2.24, 2.45) is 5.92 Å². The van der Waals surface area contributed by atoms with Crippen LogP contribution in [0.1, 0.15) is 35.7 Å². The summed E-state index contributed by atoms with van der Waals surface area (Å²) in [5.41, 5.74) is 2.67. The van der Waals surface area contributed by atoms with E-state index in [4.69, 9.17) is 16.0 Å². The highest BCUT2D eigenvalue weighted by Crippen LogP contribution is 2.22. The van der Waals surface area contributed by atoms with Gasteiger partial charge in [-0.05, 0) is 55.3 Å². The van der Waals surface area contributed by atoms with Gasteiger partial charge in [-0.15, -0.1) is 0 Å². The molecule has 2 N–H and O–H groups in total. The molecule has 0 aliphatic rings. The largest absolute Gasteiger partial charge is 0.459 e. The van der Waals surface area contributed by atoms with Crippen LogP contribution < -0.4 is 10.6 Å². The lowest BCUT2D eigenvalue weighted by molar-refractivity contribution is -0.111. The van der Waals surface area contributed by atoms with Gasteiger partial charge in [-0.25, -0.2) is 0 Å². The lowest BCUT2D eigenvalue weighted by Crippen LogP contribution is -2.11. The van der Waals surface area contributed by atoms with Crippen molar-refractivity contribution in [3.05, 3.63) is 70.9 Å². The molecule has 0 fully saturated rings. The SMILES string of the molecule is Cc1nn(CC(C)C)c(Cl)c1/C=C/C(=O)Nc1ccc(NC(=O)c2ccco2)cc1. The van der Waals surface area contributed by atoms with E-state index in [0.717, 1.165) is 11.3 Å². The van der Waals surface area contributed by atoms with Crippen molar-refractivity contribution >= 4 is 40.9 Å². The first-order chi connectivity index (χ1) is 14.3. The highest BCUT2D eigenvalue weighted by molar-refractivity contribution is 6.31. The summed E-state index contributed by atoms with van der Waals surface area (Å²) < 4.78 is 6.80. The first-order valence-corrected chi connectivity index (χ1v) is 9.88. The van der Waals surface area contributed by atoms with E-state index < -0.39 is 0 Å². The molecule has 7 nitrogen and oxygen atoms in total. The van der Waals surface area contributed by atoms with E-state index in [1.165, 1.54) is 12.3 Å². The van der Waals surface area contributed by atoms with E-state index in [9.17, 15) is 9.59 Å². The standard InChI is InChI=1S/C22H23ClN4O3/c1-14(2)13-27-21(23)18(15(3)26-27)10-11-20(28)24-16-6-8-17(9-7-16)25-22(29)19-5-4-12-30-19/h4-12,14H,13H2,1-3H3,(H,24,28)(H,25,29)/b11-10+. The van der Waals surface area contributed by atoms with Gasteiger partial charge < -0.3 is 15.1 Å². The summed E-state index contributed by atoms with van der Waals surface area (Å²) in [6, 6.07) is 10.0. The third-order valence-corrected chi connectivity index (χ3v) is 4.60. The number of carbonyl (C=O) groups excluding carboxylic acids is 2. The molecule has 30 heavy (non-hydrogen) atoms. The molecule has 0 atom stereocenters. The second-order valence-electron chi connectivity index (χ2n) is 7.20. The normalized spacial score (nSPS) is 11.2. The highest BCUT2D eigenvalue weighted by atomic mass is 35.5. The summed E-state index contributed by atoms with van der Waals surface area (Å²) in [5, 5.41) is 10.4. The second kappa shape index (κ2) is 9.45. The van der Waals surface area contributed by atoms with E-state index in [1.807, 2.05) is 6.92 Å². The van der Waals surface area contributed by atoms with Crippen LogP contribution in [0.5, 0.6) is 0 Å². The third-order valence-electron chi connectivity index (χ3n) is 4.20. The molecule has 2 aromatic heterocycles. The van der Waals surface area contributed by atoms with Crippen LogP contribution in [0.2, 0.25) is 5.15 Å². The summed E-state index contributed by atoms with van der Waals surface area (Å²) in [6.07, 6.45) is 4.52. The van der Waals surface area contributed by atoms with Gasteiger partial charge in [-0.2, -0.15) is 5.10 Å². The molecule has 3 aromatic rings. The maximum Gasteiger partial charge on any atom is 0.291 e. The number of carbonyl (C=O) groups is 2. The fourth-order valence-electron chi connectivity index (χ4n) is 2.80. The minimum Gasteiger partial charge on any atom is -0.459 e. The molecule has 2 amide bonds. The number of anilines is 2. The first-order valence-electron chi connectivity index (χ1n) is 9.50. The Labute approximate surface area is 179 Å². The fourth-order valence-corrected chi connectivity index (χ4v) is 3.11. The van der Waals surface area contributed by atoms with Crippen molar-refractivity contribution in [3.8, 4) is 0 Å². The molecular formula is C22H23ClN4O3. The molecule has 156 valence electrons. The molecule has 0 saturated carbocycles. The molecular weight excluding hydrogens is 404 g/mol. The monoisotopic (exact) mass is 426 g/mol. The number of aryl methyl sites for hydroxylation is 1. The highest BCUT2D eigenvalue weighted by Gasteiger charge is 2.12. The molecule has 0 saturated heterocycles. The molecule has 0 unspecified atom stereocenters. The zero-order valence-corrected chi connectivity index (χ0v) is 17.7. The maximum atomic E-state index is 12.3. The van der Waals surface area contributed by atoms with Gasteiger partial charge in [-0.3, -0.25) is 14.3 Å². The minimum absolute atomic E-state index is 0.225. The van der Waals surface area contributed by atoms with Crippen LogP contribution in [0.15, 0.2) is 53.2 Å². The molecule has 1 aromatic carbocycles. The van der Waals surface area contributed by atoms with Crippen molar-refractivity contribution in [1.29, 1.82) is 0 Å². The molecule has 0 aliphatic heterocycles. The summed E-state index contributed by atoms with van der Waals surface area (Å²) in [6.45, 7) is 6.74. The van der Waals surface area contributed by atoms with E-state index in [2.05, 4.69) is 29.6 Å². The summed E-state index contributed by atoms with van der Waals surface area (Å²) in [4.78, 5) is 24.2. The number of hydrogen-bond acceptors (Lipinski definition) is 4. The first kappa shape index (κ1) is 21.4. The number of nitrogens with zero attached hydrogens (tertiary/aromatic N) is 2. The Morgan fingerprint density at radius 2 is 1.83 bits per heavy atom. The zero-order chi connectivity index (χ0) is 21.7. The van der Waals surface area contributed by atoms with Crippen molar-refractivity contribution in [1.82, 2.24) is 9.78 Å². The minimum atomic E-state index is -0.343. The number of halogens is 1. The summed E-state index contributed by atoms with van der Waals surface area (Å²) in [5.74, 6) is -0.00335. The van der Waals surface area contributed by atoms with Crippen LogP contribution in [0.25, 0.3) is 6.08 Å². The number of rotatable bonds is 7. The van der Waals surface area contributed by atoms with Crippen LogP contribution >= 0.6 is 11.6 Å². The van der Waals surface area contributed by atoms with Gasteiger partial charge in [0.1, 0.15) is 5.15 Å². The molecule has 0 radical (unpaired) electrons. The zero-order valence-electron chi connectivity index (χ0n) is 17.0. The van der Waals surface area contributed by atoms with Crippen LogP contribution in [0, 0.1) is 12.8 Å². The van der Waals surface area contributed by atoms with Gasteiger partial charge in [0, 0.05) is 29.6 Å². The van der Waals surface area contributed by atoms with E-state index >= 15 is 0 Å². The average Bonchev–Trinajstić information content (AvgIpc) is 3.31. The quantitative estimate of drug-likeness (QED) is 0.520. The van der Waals surface area contributed by atoms with Crippen LogP contribution in [-0.4, -0.2) is 21.6 Å². The number of furan rings is 1. The molecule has 3 rings (SSSR count). The number of hydrogen-bond donors (Lipinski definition) is 2. The van der Waals surface area contributed by atoms with Gasteiger partial charge in [0.2, 0.25) is 5.91 Å². The molecule has 8 heteroatoms. The summed E-state index contributed by atoms with van der Waals surface area (Å²) >= 11 is 6.39. The van der Waals surface area contributed by atoms with Crippen LogP contribution in [-0.2, 0) is 11.3 Å². The molecule has 0 aliphatic carbocycles. The van der Waals surface area contributed by atoms with Gasteiger partial charge in [0.05, 0.1) is 12.0 Å². The Balaban J connectivity index is 1.60. The van der Waals surface area contributed by atoms with E-state index in [0.29, 0.717) is 29.0 Å². The Bertz CT molecular complexity index is 1050. The molecule has 0 spiro atoms. The molecule has 2 heterocycles. The molecule has 0 bridgehead atoms. The lowest BCUT2D eigenvalue weighted by atomic mass is 10.2. The Morgan fingerprint density at radius 1 is 1.17 bits per heavy atom. The Kier molecular flexibility index (Phi) is 6.74. The number of benzene rings is 1. The second-order valence-corrected chi connectivity index (χ2v) is 7.56. The van der Waals surface area contributed by atoms with Crippen LogP contribution in [0.4, 0.5) is 11.4 Å². The third kappa shape index (κ3) is 5.39. The average molecular weight is 427 g/mol. The maximum absolute atomic E-state index is 12.3. The Morgan fingerprint density at radius 3 is 2.43 bits per heavy atom. The number of aromatic nitrogens is 2. The van der Waals surface area contributed by atoms with Gasteiger partial charge in [-0.1, -0.05) is 25.4 Å². The van der Waals surface area contributed by atoms with Crippen molar-refractivity contribution in [3.63, 3.8) is 0 Å². The smallest absolute Gasteiger partial charge is 0.291 e. The van der Waals surface area contributed by atoms with Crippen molar-refractivity contribution in [2.75, 3.05) is 10.6 Å². The summed E-state index contributed by atoms with van der Waals surface area (Å²) in [7, 11) is 0. The number of nitrogens with one attached hydrogen (secondary N) is 2.